The van der Waals surface area contributed by atoms with E-state index in [0.717, 1.165) is 31.6 Å². The molecule has 0 bridgehead atoms. The quantitative estimate of drug-likeness (QED) is 0.644. The first-order valence-corrected chi connectivity index (χ1v) is 6.04. The van der Waals surface area contributed by atoms with Crippen LogP contribution in [0.4, 0.5) is 8.78 Å². The molecule has 0 spiro atoms. The molecule has 0 radical (unpaired) electrons. The monoisotopic (exact) mass is 226 g/mol. The summed E-state index contributed by atoms with van der Waals surface area (Å²) in [6.07, 6.45) is 4.22. The lowest BCUT2D eigenvalue weighted by Crippen LogP contribution is -2.13. The van der Waals surface area contributed by atoms with Gasteiger partial charge in [0.05, 0.1) is 0 Å². The third-order valence-electron chi connectivity index (χ3n) is 3.76. The maximum Gasteiger partial charge on any atom is 0.162 e. The molecule has 2 heteroatoms. The van der Waals surface area contributed by atoms with Crippen LogP contribution >= 0.6 is 0 Å². The number of hydrogen-bond donors (Lipinski definition) is 0. The van der Waals surface area contributed by atoms with Crippen LogP contribution < -0.4 is 0 Å². The first-order chi connectivity index (χ1) is 7.59. The zero-order valence-corrected chi connectivity index (χ0v) is 9.89. The van der Waals surface area contributed by atoms with Crippen molar-refractivity contribution in [3.05, 3.63) is 34.9 Å². The fourth-order valence-electron chi connectivity index (χ4n) is 2.55. The van der Waals surface area contributed by atoms with E-state index >= 15 is 0 Å². The van der Waals surface area contributed by atoms with E-state index in [1.165, 1.54) is 0 Å². The second kappa shape index (κ2) is 4.52. The van der Waals surface area contributed by atoms with E-state index in [1.54, 1.807) is 19.1 Å². The van der Waals surface area contributed by atoms with Crippen molar-refractivity contribution in [2.24, 2.45) is 5.92 Å². The highest BCUT2D eigenvalue weighted by Gasteiger charge is 2.23. The van der Waals surface area contributed by atoms with Gasteiger partial charge < -0.3 is 0 Å². The number of hydrogen-bond acceptors (Lipinski definition) is 0. The molecule has 0 unspecified atom stereocenters. The smallest absolute Gasteiger partial charge is 0.162 e. The highest BCUT2D eigenvalue weighted by Crippen LogP contribution is 2.37. The Morgan fingerprint density at radius 2 is 1.69 bits per heavy atom. The van der Waals surface area contributed by atoms with Gasteiger partial charge in [0.15, 0.2) is 11.6 Å². The van der Waals surface area contributed by atoms with Crippen LogP contribution in [0.15, 0.2) is 12.1 Å². The van der Waals surface area contributed by atoms with Gasteiger partial charge in [-0.15, -0.1) is 0 Å². The third-order valence-corrected chi connectivity index (χ3v) is 3.76. The van der Waals surface area contributed by atoms with Crippen LogP contribution in [0.1, 0.15) is 51.1 Å². The van der Waals surface area contributed by atoms with Crippen molar-refractivity contribution in [3.63, 3.8) is 0 Å². The molecule has 90 valence electrons. The van der Waals surface area contributed by atoms with Crippen LogP contribution in [0.5, 0.6) is 0 Å². The predicted molar refractivity (Wildman–Crippen MR) is 63.6 cm³/mol. The summed E-state index contributed by atoms with van der Waals surface area (Å²) < 4.78 is 27.2. The molecular weight excluding hydrogens is 206 g/mol. The minimum Gasteiger partial charge on any atom is -0.203 e. The number of aryl methyl sites for hydroxylation is 1. The molecule has 0 nitrogen and oxygen atoms in total. The first kappa shape index (κ1) is 11.6. The molecule has 0 aromatic heterocycles. The van der Waals surface area contributed by atoms with E-state index in [4.69, 9.17) is 0 Å². The highest BCUT2D eigenvalue weighted by molar-refractivity contribution is 5.28. The zero-order valence-electron chi connectivity index (χ0n) is 9.89. The van der Waals surface area contributed by atoms with E-state index in [9.17, 15) is 8.78 Å². The summed E-state index contributed by atoms with van der Waals surface area (Å²) in [4.78, 5) is 0. The summed E-state index contributed by atoms with van der Waals surface area (Å²) in [6.45, 7) is 3.83. The van der Waals surface area contributed by atoms with Crippen LogP contribution in [0.25, 0.3) is 0 Å². The topological polar surface area (TPSA) is 0 Å². The van der Waals surface area contributed by atoms with E-state index in [1.807, 2.05) is 0 Å². The van der Waals surface area contributed by atoms with E-state index in [0.29, 0.717) is 11.1 Å². The van der Waals surface area contributed by atoms with Crippen LogP contribution in [0, 0.1) is 24.5 Å². The molecule has 1 fully saturated rings. The average Bonchev–Trinajstić information content (AvgIpc) is 2.28. The SMILES string of the molecule is Cc1ccc(C2CCC(C)CC2)c(F)c1F.[HH]. The van der Waals surface area contributed by atoms with E-state index < -0.39 is 11.6 Å². The molecule has 0 heterocycles. The third kappa shape index (κ3) is 2.11. The lowest BCUT2D eigenvalue weighted by molar-refractivity contribution is 0.339. The van der Waals surface area contributed by atoms with Gasteiger partial charge in [0.1, 0.15) is 0 Å². The predicted octanol–water partition coefficient (Wildman–Crippen LogP) is 4.81. The summed E-state index contributed by atoms with van der Waals surface area (Å²) >= 11 is 0. The highest BCUT2D eigenvalue weighted by atomic mass is 19.2. The summed E-state index contributed by atoms with van der Waals surface area (Å²) in [6, 6.07) is 3.44. The Bertz CT molecular complexity index is 382. The van der Waals surface area contributed by atoms with Crippen LogP contribution in [0.3, 0.4) is 0 Å². The van der Waals surface area contributed by atoms with Crippen LogP contribution in [-0.4, -0.2) is 0 Å². The second-order valence-corrected chi connectivity index (χ2v) is 5.06. The van der Waals surface area contributed by atoms with Crippen molar-refractivity contribution in [2.45, 2.75) is 45.4 Å². The molecular formula is C14H20F2. The van der Waals surface area contributed by atoms with Gasteiger partial charge in [-0.1, -0.05) is 31.9 Å². The molecule has 1 aromatic carbocycles. The van der Waals surface area contributed by atoms with E-state index in [-0.39, 0.29) is 7.34 Å². The maximum absolute atomic E-state index is 13.8. The minimum atomic E-state index is -0.670. The Balaban J connectivity index is 0.00000144. The van der Waals surface area contributed by atoms with Gasteiger partial charge >= 0.3 is 0 Å². The van der Waals surface area contributed by atoms with Gasteiger partial charge in [0.25, 0.3) is 0 Å². The Kier molecular flexibility index (Phi) is 3.27. The Hall–Kier alpha value is -0.920. The summed E-state index contributed by atoms with van der Waals surface area (Å²) in [7, 11) is 0. The van der Waals surface area contributed by atoms with E-state index in [2.05, 4.69) is 6.92 Å². The molecule has 0 atom stereocenters. The number of benzene rings is 1. The van der Waals surface area contributed by atoms with Crippen molar-refractivity contribution >= 4 is 0 Å². The largest absolute Gasteiger partial charge is 0.203 e. The molecule has 1 aromatic rings. The summed E-state index contributed by atoms with van der Waals surface area (Å²) in [5.41, 5.74) is 0.973. The lowest BCUT2D eigenvalue weighted by Gasteiger charge is -2.26. The molecule has 0 N–H and O–H groups in total. The molecule has 1 aliphatic carbocycles. The van der Waals surface area contributed by atoms with Gasteiger partial charge in [-0.2, -0.15) is 0 Å². The normalized spacial score (nSPS) is 25.8. The van der Waals surface area contributed by atoms with Crippen molar-refractivity contribution in [1.29, 1.82) is 0 Å². The van der Waals surface area contributed by atoms with Crippen molar-refractivity contribution in [2.75, 3.05) is 0 Å². The van der Waals surface area contributed by atoms with Gasteiger partial charge in [0, 0.05) is 1.43 Å². The minimum absolute atomic E-state index is 0. The van der Waals surface area contributed by atoms with Crippen molar-refractivity contribution in [1.82, 2.24) is 0 Å². The van der Waals surface area contributed by atoms with Gasteiger partial charge in [-0.3, -0.25) is 0 Å². The van der Waals surface area contributed by atoms with Gasteiger partial charge in [-0.05, 0) is 42.7 Å². The first-order valence-electron chi connectivity index (χ1n) is 6.04. The molecule has 16 heavy (non-hydrogen) atoms. The molecule has 1 aliphatic rings. The Morgan fingerprint density at radius 1 is 1.06 bits per heavy atom. The van der Waals surface area contributed by atoms with Crippen molar-refractivity contribution in [3.8, 4) is 0 Å². The van der Waals surface area contributed by atoms with Crippen molar-refractivity contribution < 1.29 is 10.2 Å². The molecule has 2 rings (SSSR count). The standard InChI is InChI=1S/C14H18F2.H2/c1-9-3-6-11(7-4-9)12-8-5-10(2)13(15)14(12)16;/h5,8-9,11H,3-4,6-7H2,1-2H3;1H. The fourth-order valence-corrected chi connectivity index (χ4v) is 2.55. The summed E-state index contributed by atoms with van der Waals surface area (Å²) in [5, 5.41) is 0. The molecule has 0 saturated heterocycles. The zero-order chi connectivity index (χ0) is 11.7. The number of halogens is 2. The summed E-state index contributed by atoms with van der Waals surface area (Å²) in [5.74, 6) is -0.350. The van der Waals surface area contributed by atoms with Gasteiger partial charge in [-0.25, -0.2) is 8.78 Å². The maximum atomic E-state index is 13.8. The van der Waals surface area contributed by atoms with Crippen LogP contribution in [-0.2, 0) is 0 Å². The molecule has 1 saturated carbocycles. The Labute approximate surface area is 97.2 Å². The second-order valence-electron chi connectivity index (χ2n) is 5.06. The lowest BCUT2D eigenvalue weighted by atomic mass is 9.79. The molecule has 0 aliphatic heterocycles. The Morgan fingerprint density at radius 3 is 2.31 bits per heavy atom. The van der Waals surface area contributed by atoms with Gasteiger partial charge in [0.2, 0.25) is 0 Å². The number of rotatable bonds is 1. The van der Waals surface area contributed by atoms with Crippen LogP contribution in [0.2, 0.25) is 0 Å². The molecule has 0 amide bonds. The fraction of sp³-hybridized carbons (Fsp3) is 0.571. The average molecular weight is 226 g/mol.